The monoisotopic (exact) mass is 344 g/mol. The minimum atomic E-state index is -0.229. The molecule has 1 heterocycles. The van der Waals surface area contributed by atoms with Crippen LogP contribution in [0.4, 0.5) is 4.39 Å². The fraction of sp³-hybridized carbons (Fsp3) is 0.571. The molecular weight excluding hydrogens is 323 g/mol. The van der Waals surface area contributed by atoms with Gasteiger partial charge in [0.25, 0.3) is 0 Å². The molecule has 1 aliphatic heterocycles. The number of benzene rings is 1. The Morgan fingerprint density at radius 2 is 2.20 bits per heavy atom. The molecule has 0 saturated carbocycles. The van der Waals surface area contributed by atoms with Crippen molar-refractivity contribution in [2.24, 2.45) is 5.84 Å². The zero-order valence-corrected chi connectivity index (χ0v) is 13.5. The van der Waals surface area contributed by atoms with Crippen LogP contribution >= 0.6 is 15.9 Å². The molecule has 1 saturated heterocycles. The Hall–Kier alpha value is -0.530. The van der Waals surface area contributed by atoms with Crippen molar-refractivity contribution in [1.82, 2.24) is 15.2 Å². The molecule has 3 N–H and O–H groups in total. The largest absolute Gasteiger partial charge is 0.303 e. The van der Waals surface area contributed by atoms with E-state index in [1.54, 1.807) is 6.07 Å². The van der Waals surface area contributed by atoms with E-state index in [0.29, 0.717) is 16.9 Å². The molecule has 0 aromatic heterocycles. The SMILES string of the molecule is CN1CCN(C)C(C(Cc2cccc(F)c2Br)NN)C1. The first-order valence-electron chi connectivity index (χ1n) is 6.80. The van der Waals surface area contributed by atoms with Crippen molar-refractivity contribution in [1.29, 1.82) is 0 Å². The van der Waals surface area contributed by atoms with Crippen LogP contribution in [0.2, 0.25) is 0 Å². The van der Waals surface area contributed by atoms with Crippen LogP contribution in [0.15, 0.2) is 22.7 Å². The van der Waals surface area contributed by atoms with Crippen LogP contribution < -0.4 is 11.3 Å². The van der Waals surface area contributed by atoms with E-state index in [4.69, 9.17) is 5.84 Å². The Balaban J connectivity index is 2.14. The van der Waals surface area contributed by atoms with Gasteiger partial charge in [-0.15, -0.1) is 0 Å². The van der Waals surface area contributed by atoms with Gasteiger partial charge in [0.05, 0.1) is 4.47 Å². The lowest BCUT2D eigenvalue weighted by Gasteiger charge is -2.41. The number of hydrazine groups is 1. The zero-order chi connectivity index (χ0) is 14.7. The van der Waals surface area contributed by atoms with Crippen LogP contribution in [0, 0.1) is 5.82 Å². The Labute approximate surface area is 128 Å². The second-order valence-electron chi connectivity index (χ2n) is 5.50. The Morgan fingerprint density at radius 3 is 2.90 bits per heavy atom. The highest BCUT2D eigenvalue weighted by Gasteiger charge is 2.29. The lowest BCUT2D eigenvalue weighted by atomic mass is 9.97. The molecule has 20 heavy (non-hydrogen) atoms. The third kappa shape index (κ3) is 3.56. The molecule has 112 valence electrons. The number of nitrogens with two attached hydrogens (primary N) is 1. The van der Waals surface area contributed by atoms with Crippen LogP contribution in [0.1, 0.15) is 5.56 Å². The summed E-state index contributed by atoms with van der Waals surface area (Å²) in [5, 5.41) is 0. The molecule has 1 fully saturated rings. The van der Waals surface area contributed by atoms with E-state index in [0.717, 1.165) is 25.2 Å². The third-order valence-electron chi connectivity index (χ3n) is 4.05. The number of nitrogens with one attached hydrogen (secondary N) is 1. The molecule has 1 aliphatic rings. The third-order valence-corrected chi connectivity index (χ3v) is 4.94. The first-order valence-corrected chi connectivity index (χ1v) is 7.60. The van der Waals surface area contributed by atoms with Crippen molar-refractivity contribution in [3.63, 3.8) is 0 Å². The minimum absolute atomic E-state index is 0.0841. The number of hydrogen-bond acceptors (Lipinski definition) is 4. The normalized spacial score (nSPS) is 22.9. The summed E-state index contributed by atoms with van der Waals surface area (Å²) in [4.78, 5) is 4.62. The van der Waals surface area contributed by atoms with Crippen molar-refractivity contribution in [2.45, 2.75) is 18.5 Å². The second kappa shape index (κ2) is 6.95. The maximum atomic E-state index is 13.6. The molecule has 2 unspecified atom stereocenters. The van der Waals surface area contributed by atoms with E-state index in [-0.39, 0.29) is 11.9 Å². The summed E-state index contributed by atoms with van der Waals surface area (Å²) >= 11 is 3.32. The van der Waals surface area contributed by atoms with Crippen molar-refractivity contribution in [3.8, 4) is 0 Å². The highest BCUT2D eigenvalue weighted by molar-refractivity contribution is 9.10. The van der Waals surface area contributed by atoms with E-state index in [2.05, 4.69) is 45.3 Å². The molecule has 6 heteroatoms. The first kappa shape index (κ1) is 15.9. The van der Waals surface area contributed by atoms with Gasteiger partial charge in [-0.25, -0.2) is 4.39 Å². The summed E-state index contributed by atoms with van der Waals surface area (Å²) < 4.78 is 14.1. The van der Waals surface area contributed by atoms with Gasteiger partial charge in [-0.3, -0.25) is 16.2 Å². The summed E-state index contributed by atoms with van der Waals surface area (Å²) in [6.45, 7) is 3.04. The van der Waals surface area contributed by atoms with Gasteiger partial charge < -0.3 is 4.90 Å². The Kier molecular flexibility index (Phi) is 5.51. The minimum Gasteiger partial charge on any atom is -0.303 e. The van der Waals surface area contributed by atoms with Crippen molar-refractivity contribution in [2.75, 3.05) is 33.7 Å². The number of halogens is 2. The number of piperazine rings is 1. The summed E-state index contributed by atoms with van der Waals surface area (Å²) in [6.07, 6.45) is 0.692. The van der Waals surface area contributed by atoms with Crippen LogP contribution in [-0.2, 0) is 6.42 Å². The standard InChI is InChI=1S/C14H22BrFN4/c1-19-6-7-20(2)13(9-19)12(18-17)8-10-4-3-5-11(16)14(10)15/h3-5,12-13,18H,6-9,17H2,1-2H3. The fourth-order valence-electron chi connectivity index (χ4n) is 2.73. The summed E-state index contributed by atoms with van der Waals surface area (Å²) in [6, 6.07) is 5.53. The number of nitrogens with zero attached hydrogens (tertiary/aromatic N) is 2. The second-order valence-corrected chi connectivity index (χ2v) is 6.29. The summed E-state index contributed by atoms with van der Waals surface area (Å²) in [7, 11) is 4.23. The molecule has 0 aliphatic carbocycles. The van der Waals surface area contributed by atoms with E-state index in [1.165, 1.54) is 6.07 Å². The molecule has 2 atom stereocenters. The van der Waals surface area contributed by atoms with Crippen LogP contribution in [0.5, 0.6) is 0 Å². The molecule has 0 bridgehead atoms. The molecule has 2 rings (SSSR count). The van der Waals surface area contributed by atoms with Gasteiger partial charge in [0, 0.05) is 31.7 Å². The maximum Gasteiger partial charge on any atom is 0.137 e. The first-order chi connectivity index (χ1) is 9.52. The van der Waals surface area contributed by atoms with Crippen molar-refractivity contribution in [3.05, 3.63) is 34.1 Å². The van der Waals surface area contributed by atoms with Crippen molar-refractivity contribution < 1.29 is 4.39 Å². The highest BCUT2D eigenvalue weighted by atomic mass is 79.9. The van der Waals surface area contributed by atoms with Crippen LogP contribution in [0.25, 0.3) is 0 Å². The Morgan fingerprint density at radius 1 is 1.45 bits per heavy atom. The van der Waals surface area contributed by atoms with E-state index in [9.17, 15) is 4.39 Å². The van der Waals surface area contributed by atoms with E-state index >= 15 is 0 Å². The molecular formula is C14H22BrFN4. The van der Waals surface area contributed by atoms with Crippen LogP contribution in [-0.4, -0.2) is 55.6 Å². The molecule has 1 aromatic rings. The quantitative estimate of drug-likeness (QED) is 0.636. The molecule has 1 aromatic carbocycles. The molecule has 0 amide bonds. The maximum absolute atomic E-state index is 13.6. The predicted octanol–water partition coefficient (Wildman–Crippen LogP) is 1.21. The summed E-state index contributed by atoms with van der Waals surface area (Å²) in [5.74, 6) is 5.51. The van der Waals surface area contributed by atoms with E-state index < -0.39 is 0 Å². The number of likely N-dealkylation sites (N-methyl/N-ethyl adjacent to an activating group) is 2. The average Bonchev–Trinajstić information content (AvgIpc) is 2.43. The average molecular weight is 345 g/mol. The lowest BCUT2D eigenvalue weighted by Crippen LogP contribution is -2.60. The molecule has 0 radical (unpaired) electrons. The van der Waals surface area contributed by atoms with Gasteiger partial charge in [-0.05, 0) is 48.1 Å². The predicted molar refractivity (Wildman–Crippen MR) is 82.8 cm³/mol. The van der Waals surface area contributed by atoms with Gasteiger partial charge in [-0.1, -0.05) is 12.1 Å². The number of rotatable bonds is 4. The van der Waals surface area contributed by atoms with Crippen molar-refractivity contribution >= 4 is 15.9 Å². The highest BCUT2D eigenvalue weighted by Crippen LogP contribution is 2.23. The summed E-state index contributed by atoms with van der Waals surface area (Å²) in [5.41, 5.74) is 3.85. The van der Waals surface area contributed by atoms with Gasteiger partial charge in [0.15, 0.2) is 0 Å². The lowest BCUT2D eigenvalue weighted by molar-refractivity contribution is 0.0876. The van der Waals surface area contributed by atoms with Gasteiger partial charge in [0.1, 0.15) is 5.82 Å². The topological polar surface area (TPSA) is 44.5 Å². The molecule has 0 spiro atoms. The van der Waals surface area contributed by atoms with E-state index in [1.807, 2.05) is 6.07 Å². The van der Waals surface area contributed by atoms with Gasteiger partial charge >= 0.3 is 0 Å². The molecule has 4 nitrogen and oxygen atoms in total. The zero-order valence-electron chi connectivity index (χ0n) is 11.9. The fourth-order valence-corrected chi connectivity index (χ4v) is 3.15. The van der Waals surface area contributed by atoms with Crippen LogP contribution in [0.3, 0.4) is 0 Å². The number of hydrogen-bond donors (Lipinski definition) is 2. The van der Waals surface area contributed by atoms with Gasteiger partial charge in [-0.2, -0.15) is 0 Å². The smallest absolute Gasteiger partial charge is 0.137 e. The Bertz CT molecular complexity index is 457. The van der Waals surface area contributed by atoms with Gasteiger partial charge in [0.2, 0.25) is 0 Å².